The Labute approximate surface area is 130 Å². The number of nitro groups is 2. The Morgan fingerprint density at radius 1 is 1.32 bits per heavy atom. The number of nitro benzene ring substituents is 2. The first kappa shape index (κ1) is 18.0. The Bertz CT molecular complexity index is 664. The Balaban J connectivity index is 3.72. The molecule has 0 spiro atoms. The van der Waals surface area contributed by atoms with E-state index >= 15 is 0 Å². The van der Waals surface area contributed by atoms with Crippen LogP contribution in [-0.2, 0) is 6.18 Å². The van der Waals surface area contributed by atoms with Crippen molar-refractivity contribution in [2.24, 2.45) is 0 Å². The van der Waals surface area contributed by atoms with Crippen LogP contribution in [0.1, 0.15) is 5.56 Å². The second-order valence-corrected chi connectivity index (χ2v) is 4.78. The molecule has 0 atom stereocenters. The molecule has 1 N–H and O–H groups in total. The van der Waals surface area contributed by atoms with E-state index in [-0.39, 0.29) is 17.6 Å². The molecule has 0 aliphatic heterocycles. The van der Waals surface area contributed by atoms with Gasteiger partial charge in [0.25, 0.3) is 5.69 Å². The molecule has 0 heterocycles. The average Bonchev–Trinajstić information content (AvgIpc) is 2.33. The number of benzene rings is 1. The maximum absolute atomic E-state index is 12.8. The second-order valence-electron chi connectivity index (χ2n) is 3.86. The van der Waals surface area contributed by atoms with Gasteiger partial charge >= 0.3 is 11.9 Å². The van der Waals surface area contributed by atoms with E-state index in [9.17, 15) is 33.4 Å². The molecule has 0 aliphatic rings. The van der Waals surface area contributed by atoms with Crippen LogP contribution >= 0.6 is 23.2 Å². The fourth-order valence-corrected chi connectivity index (χ4v) is 1.90. The van der Waals surface area contributed by atoms with Gasteiger partial charge in [0.15, 0.2) is 5.69 Å². The normalized spacial score (nSPS) is 11.1. The molecule has 0 amide bonds. The molecule has 0 fully saturated rings. The highest BCUT2D eigenvalue weighted by molar-refractivity contribution is 6.34. The predicted octanol–water partition coefficient (Wildman–Crippen LogP) is 4.34. The van der Waals surface area contributed by atoms with Crippen LogP contribution in [0.15, 0.2) is 17.7 Å². The minimum absolute atomic E-state index is 0.0698. The first-order valence-corrected chi connectivity index (χ1v) is 6.02. The molecule has 0 aliphatic carbocycles. The lowest BCUT2D eigenvalue weighted by atomic mass is 10.1. The van der Waals surface area contributed by atoms with Crippen molar-refractivity contribution < 1.29 is 23.0 Å². The van der Waals surface area contributed by atoms with E-state index in [1.54, 1.807) is 0 Å². The standard InChI is InChI=1S/C10H6Cl2F3N3O4/c1-4(11)3-16-8-6(17(19)20)2-5(10(13,14)15)7(12)9(8)18(21)22/h2,16H,1,3H2. The van der Waals surface area contributed by atoms with Crippen molar-refractivity contribution in [3.05, 3.63) is 48.5 Å². The van der Waals surface area contributed by atoms with Crippen LogP contribution in [0.3, 0.4) is 0 Å². The number of halogens is 5. The van der Waals surface area contributed by atoms with Gasteiger partial charge in [0.2, 0.25) is 0 Å². The molecule has 1 rings (SSSR count). The van der Waals surface area contributed by atoms with Gasteiger partial charge in [-0.2, -0.15) is 13.2 Å². The molecule has 7 nitrogen and oxygen atoms in total. The molecule has 12 heteroatoms. The average molecular weight is 360 g/mol. The highest BCUT2D eigenvalue weighted by Gasteiger charge is 2.41. The van der Waals surface area contributed by atoms with E-state index < -0.39 is 43.7 Å². The molecular formula is C10H6Cl2F3N3O4. The van der Waals surface area contributed by atoms with Crippen molar-refractivity contribution in [3.63, 3.8) is 0 Å². The topological polar surface area (TPSA) is 98.3 Å². The fraction of sp³-hybridized carbons (Fsp3) is 0.200. The van der Waals surface area contributed by atoms with Gasteiger partial charge in [-0.3, -0.25) is 20.2 Å². The summed E-state index contributed by atoms with van der Waals surface area (Å²) in [5.41, 5.74) is -4.87. The molecule has 0 bridgehead atoms. The third-order valence-electron chi connectivity index (χ3n) is 2.36. The number of hydrogen-bond acceptors (Lipinski definition) is 5. The lowest BCUT2D eigenvalue weighted by Crippen LogP contribution is -2.12. The summed E-state index contributed by atoms with van der Waals surface area (Å²) < 4.78 is 38.4. The van der Waals surface area contributed by atoms with Gasteiger partial charge in [0.1, 0.15) is 5.02 Å². The summed E-state index contributed by atoms with van der Waals surface area (Å²) in [4.78, 5) is 19.4. The van der Waals surface area contributed by atoms with Gasteiger partial charge in [0.05, 0.1) is 22.0 Å². The zero-order valence-corrected chi connectivity index (χ0v) is 11.9. The molecule has 0 radical (unpaired) electrons. The maximum atomic E-state index is 12.8. The molecular weight excluding hydrogens is 354 g/mol. The molecule has 1 aromatic carbocycles. The van der Waals surface area contributed by atoms with E-state index in [0.29, 0.717) is 0 Å². The minimum Gasteiger partial charge on any atom is -0.369 e. The van der Waals surface area contributed by atoms with Crippen molar-refractivity contribution in [3.8, 4) is 0 Å². The van der Waals surface area contributed by atoms with Crippen molar-refractivity contribution in [2.45, 2.75) is 6.18 Å². The van der Waals surface area contributed by atoms with Gasteiger partial charge in [-0.25, -0.2) is 0 Å². The van der Waals surface area contributed by atoms with Crippen LogP contribution in [0.2, 0.25) is 5.02 Å². The quantitative estimate of drug-likeness (QED) is 0.622. The van der Waals surface area contributed by atoms with E-state index in [4.69, 9.17) is 23.2 Å². The molecule has 1 aromatic rings. The predicted molar refractivity (Wildman–Crippen MR) is 73.2 cm³/mol. The van der Waals surface area contributed by atoms with Crippen LogP contribution in [0.5, 0.6) is 0 Å². The summed E-state index contributed by atoms with van der Waals surface area (Å²) >= 11 is 10.8. The van der Waals surface area contributed by atoms with E-state index in [1.165, 1.54) is 0 Å². The Morgan fingerprint density at radius 2 is 1.86 bits per heavy atom. The number of anilines is 1. The van der Waals surface area contributed by atoms with E-state index in [1.807, 2.05) is 0 Å². The van der Waals surface area contributed by atoms with Gasteiger partial charge < -0.3 is 5.32 Å². The van der Waals surface area contributed by atoms with E-state index in [0.717, 1.165) is 0 Å². The molecule has 0 saturated carbocycles. The number of nitrogens with zero attached hydrogens (tertiary/aromatic N) is 2. The van der Waals surface area contributed by atoms with Gasteiger partial charge in [-0.05, 0) is 0 Å². The zero-order valence-electron chi connectivity index (χ0n) is 10.4. The van der Waals surface area contributed by atoms with Crippen molar-refractivity contribution in [1.29, 1.82) is 0 Å². The summed E-state index contributed by atoms with van der Waals surface area (Å²) in [5.74, 6) is 0. The van der Waals surface area contributed by atoms with Crippen LogP contribution in [-0.4, -0.2) is 16.4 Å². The zero-order chi connectivity index (χ0) is 17.2. The maximum Gasteiger partial charge on any atom is 0.418 e. The van der Waals surface area contributed by atoms with Crippen LogP contribution in [0.4, 0.5) is 30.2 Å². The third-order valence-corrected chi connectivity index (χ3v) is 2.88. The lowest BCUT2D eigenvalue weighted by Gasteiger charge is -2.13. The van der Waals surface area contributed by atoms with Gasteiger partial charge in [-0.1, -0.05) is 29.8 Å². The second kappa shape index (κ2) is 6.36. The van der Waals surface area contributed by atoms with Crippen LogP contribution in [0, 0.1) is 20.2 Å². The van der Waals surface area contributed by atoms with E-state index in [2.05, 4.69) is 11.9 Å². The third kappa shape index (κ3) is 3.77. The summed E-state index contributed by atoms with van der Waals surface area (Å²) in [6, 6.07) is 0.120. The van der Waals surface area contributed by atoms with Crippen molar-refractivity contribution in [1.82, 2.24) is 0 Å². The number of alkyl halides is 3. The smallest absolute Gasteiger partial charge is 0.369 e. The molecule has 0 aromatic heterocycles. The summed E-state index contributed by atoms with van der Waals surface area (Å²) in [7, 11) is 0. The summed E-state index contributed by atoms with van der Waals surface area (Å²) in [6.45, 7) is 2.91. The minimum atomic E-state index is -5.10. The monoisotopic (exact) mass is 359 g/mol. The Hall–Kier alpha value is -2.07. The molecule has 120 valence electrons. The lowest BCUT2D eigenvalue weighted by molar-refractivity contribution is -0.392. The highest BCUT2D eigenvalue weighted by atomic mass is 35.5. The molecule has 0 unspecified atom stereocenters. The van der Waals surface area contributed by atoms with Crippen molar-refractivity contribution in [2.75, 3.05) is 11.9 Å². The summed E-state index contributed by atoms with van der Waals surface area (Å²) in [6.07, 6.45) is -5.10. The largest absolute Gasteiger partial charge is 0.418 e. The number of nitrogens with one attached hydrogen (secondary N) is 1. The van der Waals surface area contributed by atoms with Crippen LogP contribution in [0.25, 0.3) is 0 Å². The first-order chi connectivity index (χ1) is 9.96. The SMILES string of the molecule is C=C(Cl)CNc1c([N+](=O)[O-])cc(C(F)(F)F)c(Cl)c1[N+](=O)[O-]. The molecule has 0 saturated heterocycles. The molecule has 22 heavy (non-hydrogen) atoms. The van der Waals surface area contributed by atoms with Gasteiger partial charge in [-0.15, -0.1) is 0 Å². The number of rotatable bonds is 5. The fourth-order valence-electron chi connectivity index (χ4n) is 1.51. The first-order valence-electron chi connectivity index (χ1n) is 5.26. The number of hydrogen-bond donors (Lipinski definition) is 1. The van der Waals surface area contributed by atoms with Gasteiger partial charge in [0, 0.05) is 11.1 Å². The van der Waals surface area contributed by atoms with Crippen LogP contribution < -0.4 is 5.32 Å². The van der Waals surface area contributed by atoms with Crippen molar-refractivity contribution >= 4 is 40.3 Å². The Morgan fingerprint density at radius 3 is 2.23 bits per heavy atom. The summed E-state index contributed by atoms with van der Waals surface area (Å²) in [5, 5.41) is 22.8. The Kier molecular flexibility index (Phi) is 5.20. The highest BCUT2D eigenvalue weighted by Crippen LogP contribution is 2.47.